The summed E-state index contributed by atoms with van der Waals surface area (Å²) in [6.45, 7) is 3.10. The molecule has 0 spiro atoms. The maximum atomic E-state index is 13.3. The molecule has 7 atom stereocenters. The standard InChI is InChI=1S/C24H32N6O4S/c1-14(15-4-6-19(7-5-15)35-34-33-27(2)3)29-18-10-22(24(29)32)28(12-18)13-20(26)23(31)30-17(11-25)8-16-9-21(16)30/h4-7,14,16-18,20-22H,8-10,12-13,26H2,1-3H3/t14-,16+,17-,18-,20-,21-,22-/m0/s1. The van der Waals surface area contributed by atoms with E-state index in [2.05, 4.69) is 11.0 Å². The summed E-state index contributed by atoms with van der Waals surface area (Å²) in [6.07, 6.45) is 2.49. The van der Waals surface area contributed by atoms with Crippen LogP contribution in [0.2, 0.25) is 0 Å². The Balaban J connectivity index is 1.16. The second-order valence-electron chi connectivity index (χ2n) is 10.2. The van der Waals surface area contributed by atoms with Crippen LogP contribution in [0, 0.1) is 17.2 Å². The number of hydroxylamine groups is 2. The van der Waals surface area contributed by atoms with Gasteiger partial charge in [0.25, 0.3) is 0 Å². The first-order chi connectivity index (χ1) is 16.8. The minimum absolute atomic E-state index is 0.0549. The van der Waals surface area contributed by atoms with Crippen molar-refractivity contribution in [2.45, 2.75) is 67.3 Å². The molecular formula is C24H32N6O4S. The maximum absolute atomic E-state index is 13.3. The number of nitrogens with two attached hydrogens (primary N) is 1. The molecule has 0 unspecified atom stereocenters. The summed E-state index contributed by atoms with van der Waals surface area (Å²) in [5.41, 5.74) is 7.37. The van der Waals surface area contributed by atoms with Gasteiger partial charge in [0.1, 0.15) is 6.04 Å². The van der Waals surface area contributed by atoms with Crippen LogP contribution >= 0.6 is 12.0 Å². The SMILES string of the molecule is C[C@@H](c1ccc(SOON(C)C)cc1)N1C(=O)[C@@H]2C[C@H]1CN2C[C@H](N)C(=O)N1[C@H](C#N)C[C@@H]2C[C@@H]21. The molecule has 0 radical (unpaired) electrons. The van der Waals surface area contributed by atoms with Gasteiger partial charge in [-0.2, -0.15) is 10.3 Å². The highest BCUT2D eigenvalue weighted by molar-refractivity contribution is 7.94. The predicted octanol–water partition coefficient (Wildman–Crippen LogP) is 1.30. The Bertz CT molecular complexity index is 1020. The van der Waals surface area contributed by atoms with Gasteiger partial charge >= 0.3 is 0 Å². The molecule has 0 aromatic heterocycles. The monoisotopic (exact) mass is 500 g/mol. The molecule has 35 heavy (non-hydrogen) atoms. The Morgan fingerprint density at radius 1 is 1.29 bits per heavy atom. The summed E-state index contributed by atoms with van der Waals surface area (Å²) < 4.78 is 5.07. The number of carbonyl (C=O) groups is 2. The number of likely N-dealkylation sites (tertiary alicyclic amines) is 3. The average Bonchev–Trinajstić information content (AvgIpc) is 3.16. The summed E-state index contributed by atoms with van der Waals surface area (Å²) >= 11 is 1.12. The van der Waals surface area contributed by atoms with E-state index in [0.29, 0.717) is 19.0 Å². The molecule has 188 valence electrons. The second kappa shape index (κ2) is 9.69. The Labute approximate surface area is 210 Å². The Hall–Kier alpha value is -2.20. The molecule has 5 rings (SSSR count). The van der Waals surface area contributed by atoms with Crippen molar-refractivity contribution in [2.24, 2.45) is 11.7 Å². The van der Waals surface area contributed by atoms with Crippen molar-refractivity contribution in [1.82, 2.24) is 19.8 Å². The molecular weight excluding hydrogens is 468 g/mol. The van der Waals surface area contributed by atoms with Crippen LogP contribution in [-0.2, 0) is 18.9 Å². The zero-order chi connectivity index (χ0) is 24.9. The number of carbonyl (C=O) groups excluding carboxylic acids is 2. The molecule has 3 aliphatic heterocycles. The fraction of sp³-hybridized carbons (Fsp3) is 0.625. The van der Waals surface area contributed by atoms with E-state index in [1.807, 2.05) is 36.1 Å². The molecule has 4 fully saturated rings. The van der Waals surface area contributed by atoms with Crippen LogP contribution in [-0.4, -0.2) is 89.0 Å². The third kappa shape index (κ3) is 4.67. The first-order valence-corrected chi connectivity index (χ1v) is 12.8. The molecule has 3 saturated heterocycles. The van der Waals surface area contributed by atoms with Crippen molar-refractivity contribution in [3.63, 3.8) is 0 Å². The van der Waals surface area contributed by atoms with Gasteiger partial charge in [0.2, 0.25) is 11.8 Å². The number of amides is 2. The van der Waals surface area contributed by atoms with Crippen LogP contribution < -0.4 is 5.73 Å². The molecule has 11 heteroatoms. The first-order valence-electron chi connectivity index (χ1n) is 12.1. The molecule has 2 amide bonds. The molecule has 2 bridgehead atoms. The second-order valence-corrected chi connectivity index (χ2v) is 11.0. The van der Waals surface area contributed by atoms with Crippen molar-refractivity contribution >= 4 is 23.9 Å². The van der Waals surface area contributed by atoms with E-state index in [4.69, 9.17) is 15.1 Å². The van der Waals surface area contributed by atoms with Crippen LogP contribution in [0.3, 0.4) is 0 Å². The lowest BCUT2D eigenvalue weighted by Gasteiger charge is -2.38. The van der Waals surface area contributed by atoms with Crippen LogP contribution in [0.1, 0.15) is 37.8 Å². The lowest BCUT2D eigenvalue weighted by Crippen LogP contribution is -2.57. The average molecular weight is 501 g/mol. The third-order valence-corrected chi connectivity index (χ3v) is 8.25. The lowest BCUT2D eigenvalue weighted by atomic mass is 10.1. The molecule has 4 aliphatic rings. The predicted molar refractivity (Wildman–Crippen MR) is 128 cm³/mol. The Morgan fingerprint density at radius 3 is 2.69 bits per heavy atom. The number of hydrogen-bond acceptors (Lipinski definition) is 9. The van der Waals surface area contributed by atoms with E-state index in [9.17, 15) is 14.9 Å². The summed E-state index contributed by atoms with van der Waals surface area (Å²) in [7, 11) is 3.47. The quantitative estimate of drug-likeness (QED) is 0.304. The largest absolute Gasteiger partial charge is 0.330 e. The van der Waals surface area contributed by atoms with E-state index in [1.165, 1.54) is 5.06 Å². The summed E-state index contributed by atoms with van der Waals surface area (Å²) in [5, 5.41) is 10.9. The van der Waals surface area contributed by atoms with Crippen LogP contribution in [0.25, 0.3) is 0 Å². The molecule has 1 saturated carbocycles. The van der Waals surface area contributed by atoms with E-state index in [1.54, 1.807) is 19.0 Å². The minimum atomic E-state index is -0.716. The van der Waals surface area contributed by atoms with E-state index < -0.39 is 6.04 Å². The smallest absolute Gasteiger partial charge is 0.242 e. The van der Waals surface area contributed by atoms with Gasteiger partial charge in [-0.05, 0) is 49.8 Å². The summed E-state index contributed by atoms with van der Waals surface area (Å²) in [5.74, 6) is 0.398. The fourth-order valence-electron chi connectivity index (χ4n) is 5.89. The zero-order valence-electron chi connectivity index (χ0n) is 20.2. The number of benzene rings is 1. The number of nitriles is 1. The van der Waals surface area contributed by atoms with Crippen LogP contribution in [0.4, 0.5) is 0 Å². The van der Waals surface area contributed by atoms with Crippen molar-refractivity contribution < 1.29 is 18.9 Å². The highest BCUT2D eigenvalue weighted by atomic mass is 32.2. The molecule has 3 heterocycles. The van der Waals surface area contributed by atoms with Gasteiger partial charge < -0.3 is 15.5 Å². The fourth-order valence-corrected chi connectivity index (χ4v) is 6.37. The van der Waals surface area contributed by atoms with Crippen molar-refractivity contribution in [1.29, 1.82) is 5.26 Å². The van der Waals surface area contributed by atoms with Crippen LogP contribution in [0.5, 0.6) is 0 Å². The Morgan fingerprint density at radius 2 is 2.03 bits per heavy atom. The summed E-state index contributed by atoms with van der Waals surface area (Å²) in [4.78, 5) is 37.9. The normalized spacial score (nSPS) is 31.1. The first kappa shape index (κ1) is 24.5. The topological polar surface area (TPSA) is 115 Å². The maximum Gasteiger partial charge on any atom is 0.242 e. The highest BCUT2D eigenvalue weighted by Crippen LogP contribution is 2.48. The molecule has 10 nitrogen and oxygen atoms in total. The van der Waals surface area contributed by atoms with Crippen LogP contribution in [0.15, 0.2) is 29.2 Å². The van der Waals surface area contributed by atoms with Gasteiger partial charge in [0.05, 0.1) is 36.2 Å². The van der Waals surface area contributed by atoms with Gasteiger partial charge in [-0.15, -0.1) is 9.32 Å². The molecule has 2 N–H and O–H groups in total. The molecule has 1 aromatic rings. The van der Waals surface area contributed by atoms with Gasteiger partial charge in [0.15, 0.2) is 0 Å². The van der Waals surface area contributed by atoms with Crippen molar-refractivity contribution in [3.8, 4) is 6.07 Å². The third-order valence-electron chi connectivity index (χ3n) is 7.66. The minimum Gasteiger partial charge on any atom is -0.330 e. The van der Waals surface area contributed by atoms with E-state index in [-0.39, 0.29) is 42.0 Å². The van der Waals surface area contributed by atoms with Gasteiger partial charge in [-0.3, -0.25) is 14.5 Å². The van der Waals surface area contributed by atoms with Gasteiger partial charge in [-0.25, -0.2) is 0 Å². The Kier molecular flexibility index (Phi) is 6.78. The number of fused-ring (bicyclic) bond motifs is 3. The van der Waals surface area contributed by atoms with Gasteiger partial charge in [0, 0.05) is 44.2 Å². The zero-order valence-corrected chi connectivity index (χ0v) is 21.1. The summed E-state index contributed by atoms with van der Waals surface area (Å²) in [6, 6.07) is 9.06. The number of piperidine rings is 1. The van der Waals surface area contributed by atoms with Crippen molar-refractivity contribution in [3.05, 3.63) is 29.8 Å². The lowest BCUT2D eigenvalue weighted by molar-refractivity contribution is -0.340. The number of rotatable bonds is 9. The highest BCUT2D eigenvalue weighted by Gasteiger charge is 2.56. The number of hydrogen-bond donors (Lipinski definition) is 1. The number of nitrogens with zero attached hydrogens (tertiary/aromatic N) is 5. The molecule has 1 aromatic carbocycles. The van der Waals surface area contributed by atoms with E-state index in [0.717, 1.165) is 41.8 Å². The van der Waals surface area contributed by atoms with Crippen molar-refractivity contribution in [2.75, 3.05) is 27.2 Å². The van der Waals surface area contributed by atoms with E-state index >= 15 is 0 Å². The van der Waals surface area contributed by atoms with Gasteiger partial charge in [-0.1, -0.05) is 12.1 Å². The number of piperazine rings is 1. The molecule has 1 aliphatic carbocycles.